The van der Waals surface area contributed by atoms with Gasteiger partial charge in [0, 0.05) is 12.6 Å². The molecule has 0 saturated heterocycles. The summed E-state index contributed by atoms with van der Waals surface area (Å²) in [6.07, 6.45) is 2.52. The fraction of sp³-hybridized carbons (Fsp3) is 0.647. The van der Waals surface area contributed by atoms with Crippen LogP contribution in [0.4, 0.5) is 0 Å². The Balaban J connectivity index is 2.62. The first-order chi connectivity index (χ1) is 9.15. The quantitative estimate of drug-likeness (QED) is 0.730. The van der Waals surface area contributed by atoms with E-state index >= 15 is 0 Å². The Hall–Kier alpha value is -0.860. The molecule has 1 N–H and O–H groups in total. The molecule has 1 rings (SSSR count). The van der Waals surface area contributed by atoms with Crippen LogP contribution in [0, 0.1) is 5.92 Å². The Labute approximate surface area is 119 Å². The van der Waals surface area contributed by atoms with Gasteiger partial charge in [0.25, 0.3) is 0 Å². The number of likely N-dealkylation sites (N-methyl/N-ethyl adjacent to an activating group) is 1. The highest BCUT2D eigenvalue weighted by Gasteiger charge is 2.15. The highest BCUT2D eigenvalue weighted by Crippen LogP contribution is 2.18. The van der Waals surface area contributed by atoms with Crippen LogP contribution in [0.15, 0.2) is 30.3 Å². The van der Waals surface area contributed by atoms with Gasteiger partial charge in [0.15, 0.2) is 0 Å². The highest BCUT2D eigenvalue weighted by atomic mass is 15.1. The second kappa shape index (κ2) is 9.11. The van der Waals surface area contributed by atoms with Crippen molar-refractivity contribution in [3.63, 3.8) is 0 Å². The van der Waals surface area contributed by atoms with Gasteiger partial charge in [0.2, 0.25) is 0 Å². The van der Waals surface area contributed by atoms with Crippen molar-refractivity contribution < 1.29 is 0 Å². The lowest BCUT2D eigenvalue weighted by molar-refractivity contribution is 0.233. The van der Waals surface area contributed by atoms with Gasteiger partial charge in [-0.2, -0.15) is 0 Å². The monoisotopic (exact) mass is 262 g/mol. The summed E-state index contributed by atoms with van der Waals surface area (Å²) in [5.41, 5.74) is 1.41. The third kappa shape index (κ3) is 6.22. The summed E-state index contributed by atoms with van der Waals surface area (Å²) in [4.78, 5) is 2.48. The highest BCUT2D eigenvalue weighted by molar-refractivity contribution is 5.19. The van der Waals surface area contributed by atoms with E-state index in [4.69, 9.17) is 0 Å². The van der Waals surface area contributed by atoms with Crippen LogP contribution in [0.5, 0.6) is 0 Å². The van der Waals surface area contributed by atoms with Gasteiger partial charge in [-0.25, -0.2) is 0 Å². The molecular formula is C17H30N2. The first-order valence-corrected chi connectivity index (χ1v) is 7.61. The molecule has 0 aliphatic carbocycles. The van der Waals surface area contributed by atoms with Gasteiger partial charge in [-0.15, -0.1) is 0 Å². The first kappa shape index (κ1) is 16.2. The van der Waals surface area contributed by atoms with Gasteiger partial charge in [-0.05, 0) is 38.0 Å². The van der Waals surface area contributed by atoms with Crippen molar-refractivity contribution in [1.82, 2.24) is 10.2 Å². The van der Waals surface area contributed by atoms with Crippen molar-refractivity contribution in [3.05, 3.63) is 35.9 Å². The number of unbranched alkanes of at least 4 members (excludes halogenated alkanes) is 1. The summed E-state index contributed by atoms with van der Waals surface area (Å²) in [6, 6.07) is 11.3. The molecule has 108 valence electrons. The van der Waals surface area contributed by atoms with Crippen LogP contribution in [-0.4, -0.2) is 31.6 Å². The van der Waals surface area contributed by atoms with Crippen LogP contribution < -0.4 is 5.32 Å². The van der Waals surface area contributed by atoms with E-state index < -0.39 is 0 Å². The first-order valence-electron chi connectivity index (χ1n) is 7.61. The Bertz CT molecular complexity index is 321. The standard InChI is InChI=1S/C17H30N2/c1-5-6-12-19(4)17(14-18-13-15(2)3)16-10-8-7-9-11-16/h7-11,15,17-18H,5-6,12-14H2,1-4H3. The van der Waals surface area contributed by atoms with E-state index in [0.29, 0.717) is 12.0 Å². The van der Waals surface area contributed by atoms with Gasteiger partial charge in [-0.3, -0.25) is 4.90 Å². The maximum Gasteiger partial charge on any atom is 0.0469 e. The van der Waals surface area contributed by atoms with E-state index in [1.807, 2.05) is 0 Å². The molecule has 0 heterocycles. The molecule has 0 spiro atoms. The Morgan fingerprint density at radius 1 is 1.11 bits per heavy atom. The summed E-state index contributed by atoms with van der Waals surface area (Å²) in [5.74, 6) is 0.706. The predicted molar refractivity (Wildman–Crippen MR) is 84.4 cm³/mol. The third-order valence-electron chi connectivity index (χ3n) is 3.47. The zero-order valence-corrected chi connectivity index (χ0v) is 13.0. The average Bonchev–Trinajstić information content (AvgIpc) is 2.41. The maximum atomic E-state index is 3.60. The van der Waals surface area contributed by atoms with Gasteiger partial charge in [-0.1, -0.05) is 57.5 Å². The van der Waals surface area contributed by atoms with Crippen LogP contribution in [0.25, 0.3) is 0 Å². The molecule has 1 unspecified atom stereocenters. The molecule has 19 heavy (non-hydrogen) atoms. The summed E-state index contributed by atoms with van der Waals surface area (Å²) in [7, 11) is 2.24. The third-order valence-corrected chi connectivity index (χ3v) is 3.47. The zero-order valence-electron chi connectivity index (χ0n) is 13.0. The van der Waals surface area contributed by atoms with Crippen molar-refractivity contribution in [2.45, 2.75) is 39.7 Å². The minimum absolute atomic E-state index is 0.478. The molecule has 2 heteroatoms. The van der Waals surface area contributed by atoms with E-state index in [0.717, 1.165) is 13.1 Å². The molecule has 0 amide bonds. The van der Waals surface area contributed by atoms with E-state index in [2.05, 4.69) is 68.4 Å². The Morgan fingerprint density at radius 2 is 1.79 bits per heavy atom. The summed E-state index contributed by atoms with van der Waals surface area (Å²) < 4.78 is 0. The van der Waals surface area contributed by atoms with Crippen LogP contribution in [0.3, 0.4) is 0 Å². The molecule has 0 bridgehead atoms. The number of nitrogens with one attached hydrogen (secondary N) is 1. The molecule has 0 aliphatic rings. The molecule has 0 aromatic heterocycles. The topological polar surface area (TPSA) is 15.3 Å². The van der Waals surface area contributed by atoms with Crippen LogP contribution in [0.2, 0.25) is 0 Å². The summed E-state index contributed by atoms with van der Waals surface area (Å²) >= 11 is 0. The second-order valence-corrected chi connectivity index (χ2v) is 5.81. The molecule has 2 nitrogen and oxygen atoms in total. The van der Waals surface area contributed by atoms with E-state index in [1.165, 1.54) is 24.9 Å². The van der Waals surface area contributed by atoms with Gasteiger partial charge in [0.1, 0.15) is 0 Å². The number of hydrogen-bond acceptors (Lipinski definition) is 2. The van der Waals surface area contributed by atoms with Crippen molar-refractivity contribution in [2.75, 3.05) is 26.7 Å². The lowest BCUT2D eigenvalue weighted by atomic mass is 10.0. The molecule has 1 aromatic rings. The largest absolute Gasteiger partial charge is 0.315 e. The van der Waals surface area contributed by atoms with Gasteiger partial charge < -0.3 is 5.32 Å². The lowest BCUT2D eigenvalue weighted by Crippen LogP contribution is -2.35. The molecule has 0 fully saturated rings. The average molecular weight is 262 g/mol. The smallest absolute Gasteiger partial charge is 0.0469 e. The molecule has 1 atom stereocenters. The van der Waals surface area contributed by atoms with E-state index in [9.17, 15) is 0 Å². The Kier molecular flexibility index (Phi) is 7.76. The number of rotatable bonds is 9. The summed E-state index contributed by atoms with van der Waals surface area (Å²) in [5, 5.41) is 3.60. The van der Waals surface area contributed by atoms with Crippen molar-refractivity contribution >= 4 is 0 Å². The van der Waals surface area contributed by atoms with Gasteiger partial charge in [0.05, 0.1) is 0 Å². The maximum absolute atomic E-state index is 3.60. The fourth-order valence-corrected chi connectivity index (χ4v) is 2.28. The SMILES string of the molecule is CCCCN(C)C(CNCC(C)C)c1ccccc1. The van der Waals surface area contributed by atoms with Crippen molar-refractivity contribution in [3.8, 4) is 0 Å². The van der Waals surface area contributed by atoms with Gasteiger partial charge >= 0.3 is 0 Å². The second-order valence-electron chi connectivity index (χ2n) is 5.81. The summed E-state index contributed by atoms with van der Waals surface area (Å²) in [6.45, 7) is 10.0. The van der Waals surface area contributed by atoms with Crippen LogP contribution >= 0.6 is 0 Å². The minimum Gasteiger partial charge on any atom is -0.315 e. The number of hydrogen-bond donors (Lipinski definition) is 1. The number of nitrogens with zero attached hydrogens (tertiary/aromatic N) is 1. The molecular weight excluding hydrogens is 232 g/mol. The molecule has 0 radical (unpaired) electrons. The predicted octanol–water partition coefficient (Wildman–Crippen LogP) is 3.71. The van der Waals surface area contributed by atoms with Crippen molar-refractivity contribution in [1.29, 1.82) is 0 Å². The normalized spacial score (nSPS) is 13.2. The van der Waals surface area contributed by atoms with Crippen molar-refractivity contribution in [2.24, 2.45) is 5.92 Å². The molecule has 0 saturated carbocycles. The fourth-order valence-electron chi connectivity index (χ4n) is 2.28. The Morgan fingerprint density at radius 3 is 2.37 bits per heavy atom. The molecule has 0 aliphatic heterocycles. The van der Waals surface area contributed by atoms with Crippen LogP contribution in [-0.2, 0) is 0 Å². The zero-order chi connectivity index (χ0) is 14.1. The lowest BCUT2D eigenvalue weighted by Gasteiger charge is -2.29. The minimum atomic E-state index is 0.478. The number of benzene rings is 1. The van der Waals surface area contributed by atoms with Crippen LogP contribution in [0.1, 0.15) is 45.2 Å². The van der Waals surface area contributed by atoms with E-state index in [-0.39, 0.29) is 0 Å². The van der Waals surface area contributed by atoms with E-state index in [1.54, 1.807) is 0 Å². The molecule has 1 aromatic carbocycles.